The molecule has 0 bridgehead atoms. The van der Waals surface area contributed by atoms with Crippen LogP contribution in [0.4, 0.5) is 11.4 Å². The van der Waals surface area contributed by atoms with Gasteiger partial charge in [0.05, 0.1) is 23.3 Å². The van der Waals surface area contributed by atoms with Gasteiger partial charge in [-0.1, -0.05) is 65.7 Å². The van der Waals surface area contributed by atoms with Crippen LogP contribution in [0.15, 0.2) is 100 Å². The number of ether oxygens (including phenoxy) is 2. The van der Waals surface area contributed by atoms with Crippen LogP contribution >= 0.6 is 27.5 Å². The van der Waals surface area contributed by atoms with Crippen molar-refractivity contribution in [2.24, 2.45) is 10.9 Å². The topological polar surface area (TPSA) is 42.8 Å². The van der Waals surface area contributed by atoms with E-state index < -0.39 is 0 Å². The third-order valence-electron chi connectivity index (χ3n) is 7.68. The molecule has 0 spiro atoms. The van der Waals surface area contributed by atoms with Gasteiger partial charge in [0.25, 0.3) is 0 Å². The number of hydrogen-bond acceptors (Lipinski definition) is 4. The van der Waals surface area contributed by atoms with Gasteiger partial charge in [0.1, 0.15) is 6.61 Å². The molecule has 4 aromatic rings. The number of nitrogens with zero attached hydrogens (tertiary/aromatic N) is 1. The highest BCUT2D eigenvalue weighted by Crippen LogP contribution is 2.50. The van der Waals surface area contributed by atoms with E-state index in [-0.39, 0.29) is 6.04 Å². The Morgan fingerprint density at radius 2 is 1.82 bits per heavy atom. The van der Waals surface area contributed by atoms with Gasteiger partial charge in [-0.3, -0.25) is 4.99 Å². The molecule has 0 amide bonds. The zero-order valence-electron chi connectivity index (χ0n) is 22.4. The molecule has 4 aromatic carbocycles. The lowest BCUT2D eigenvalue weighted by atomic mass is 9.76. The van der Waals surface area contributed by atoms with Crippen LogP contribution in [0.25, 0.3) is 0 Å². The van der Waals surface area contributed by atoms with Crippen molar-refractivity contribution < 1.29 is 9.47 Å². The summed E-state index contributed by atoms with van der Waals surface area (Å²) in [5.41, 5.74) is 8.09. The average molecular weight is 614 g/mol. The first-order valence-electron chi connectivity index (χ1n) is 13.4. The van der Waals surface area contributed by atoms with Gasteiger partial charge < -0.3 is 14.8 Å². The van der Waals surface area contributed by atoms with Crippen molar-refractivity contribution in [2.75, 3.05) is 12.4 Å². The highest BCUT2D eigenvalue weighted by atomic mass is 79.9. The summed E-state index contributed by atoms with van der Waals surface area (Å²) in [7, 11) is 1.64. The molecular formula is C34H30BrClN2O2. The molecular weight excluding hydrogens is 584 g/mol. The molecule has 0 radical (unpaired) electrons. The number of fused-ring (bicyclic) bond motifs is 3. The van der Waals surface area contributed by atoms with Crippen LogP contribution in [0.1, 0.15) is 46.2 Å². The van der Waals surface area contributed by atoms with E-state index in [0.717, 1.165) is 27.7 Å². The third kappa shape index (κ3) is 5.54. The number of rotatable bonds is 7. The summed E-state index contributed by atoms with van der Waals surface area (Å²) in [6.45, 7) is 2.57. The summed E-state index contributed by atoms with van der Waals surface area (Å²) in [6.07, 6.45) is 7.65. The van der Waals surface area contributed by atoms with E-state index in [1.807, 2.05) is 42.6 Å². The number of nitrogens with one attached hydrogen (secondary N) is 1. The number of aryl methyl sites for hydroxylation is 1. The van der Waals surface area contributed by atoms with E-state index in [9.17, 15) is 0 Å². The van der Waals surface area contributed by atoms with Crippen LogP contribution in [-0.4, -0.2) is 13.3 Å². The fourth-order valence-corrected chi connectivity index (χ4v) is 6.35. The van der Waals surface area contributed by atoms with Gasteiger partial charge >= 0.3 is 0 Å². The molecule has 1 aliphatic heterocycles. The summed E-state index contributed by atoms with van der Waals surface area (Å²) >= 11 is 9.63. The van der Waals surface area contributed by atoms with Gasteiger partial charge in [-0.15, -0.1) is 0 Å². The van der Waals surface area contributed by atoms with Crippen molar-refractivity contribution in [1.29, 1.82) is 0 Å². The maximum Gasteiger partial charge on any atom is 0.175 e. The Hall–Kier alpha value is -3.54. The number of benzene rings is 4. The van der Waals surface area contributed by atoms with Crippen molar-refractivity contribution in [2.45, 2.75) is 31.9 Å². The Kier molecular flexibility index (Phi) is 7.68. The number of methoxy groups -OCH3 is 1. The molecule has 0 saturated carbocycles. The van der Waals surface area contributed by atoms with Crippen LogP contribution in [0, 0.1) is 12.8 Å². The van der Waals surface area contributed by atoms with Crippen molar-refractivity contribution in [1.82, 2.24) is 0 Å². The van der Waals surface area contributed by atoms with E-state index in [0.29, 0.717) is 35.0 Å². The first kappa shape index (κ1) is 26.7. The molecule has 0 aromatic heterocycles. The zero-order valence-corrected chi connectivity index (χ0v) is 24.7. The normalized spacial score (nSPS) is 19.2. The number of hydrogen-bond donors (Lipinski definition) is 1. The fourth-order valence-electron chi connectivity index (χ4n) is 5.65. The SMILES string of the molecule is COc1cc(C=Nc2ccc([C@@H]3Nc4ccc(C)cc4[C@H]4C=CC[C@H]43)cc2)cc(Br)c1OCc1ccc(Cl)cc1. The predicted octanol–water partition coefficient (Wildman–Crippen LogP) is 9.58. The van der Waals surface area contributed by atoms with Gasteiger partial charge in [0.2, 0.25) is 0 Å². The minimum atomic E-state index is 0.272. The molecule has 6 rings (SSSR count). The van der Waals surface area contributed by atoms with E-state index in [4.69, 9.17) is 26.1 Å². The molecule has 4 nitrogen and oxygen atoms in total. The lowest BCUT2D eigenvalue weighted by Gasteiger charge is -2.37. The molecule has 1 aliphatic carbocycles. The first-order chi connectivity index (χ1) is 19.5. The molecule has 40 heavy (non-hydrogen) atoms. The Labute approximate surface area is 248 Å². The fraction of sp³-hybridized carbons (Fsp3) is 0.206. The zero-order chi connectivity index (χ0) is 27.6. The standard InChI is InChI=1S/C34H30BrClN2O2/c1-21-6-15-31-29(16-21)27-4-3-5-28(27)33(38-31)24-9-13-26(14-10-24)37-19-23-17-30(35)34(32(18-23)39-2)40-20-22-7-11-25(36)12-8-22/h3-4,6-19,27-28,33,38H,5,20H2,1-2H3/t27-,28+,33-/m0/s1. The average Bonchev–Trinajstić information content (AvgIpc) is 3.47. The molecule has 1 heterocycles. The van der Waals surface area contributed by atoms with E-state index in [2.05, 4.69) is 82.8 Å². The van der Waals surface area contributed by atoms with E-state index in [1.165, 1.54) is 22.4 Å². The van der Waals surface area contributed by atoms with Gasteiger partial charge in [-0.05, 0) is 99.9 Å². The first-order valence-corrected chi connectivity index (χ1v) is 14.6. The molecule has 2 aliphatic rings. The Bertz CT molecular complexity index is 1580. The summed E-state index contributed by atoms with van der Waals surface area (Å²) in [5.74, 6) is 2.27. The van der Waals surface area contributed by atoms with Crippen molar-refractivity contribution in [3.05, 3.63) is 128 Å². The molecule has 6 heteroatoms. The maximum atomic E-state index is 6.06. The van der Waals surface area contributed by atoms with Gasteiger partial charge in [0, 0.05) is 22.8 Å². The van der Waals surface area contributed by atoms with Crippen molar-refractivity contribution in [3.63, 3.8) is 0 Å². The number of allylic oxidation sites excluding steroid dienone is 2. The lowest BCUT2D eigenvalue weighted by Crippen LogP contribution is -2.29. The van der Waals surface area contributed by atoms with Crippen LogP contribution in [0.5, 0.6) is 11.5 Å². The van der Waals surface area contributed by atoms with Gasteiger partial charge in [0.15, 0.2) is 11.5 Å². The van der Waals surface area contributed by atoms with Gasteiger partial charge in [-0.2, -0.15) is 0 Å². The van der Waals surface area contributed by atoms with Crippen LogP contribution in [-0.2, 0) is 6.61 Å². The molecule has 1 N–H and O–H groups in total. The Morgan fingerprint density at radius 1 is 1.02 bits per heavy atom. The lowest BCUT2D eigenvalue weighted by molar-refractivity contribution is 0.282. The second-order valence-electron chi connectivity index (χ2n) is 10.4. The molecule has 3 atom stereocenters. The van der Waals surface area contributed by atoms with E-state index in [1.54, 1.807) is 7.11 Å². The highest BCUT2D eigenvalue weighted by molar-refractivity contribution is 9.10. The summed E-state index contributed by atoms with van der Waals surface area (Å²) in [4.78, 5) is 4.74. The minimum absolute atomic E-state index is 0.272. The number of halogens is 2. The predicted molar refractivity (Wildman–Crippen MR) is 168 cm³/mol. The maximum absolute atomic E-state index is 6.06. The monoisotopic (exact) mass is 612 g/mol. The molecule has 0 unspecified atom stereocenters. The van der Waals surface area contributed by atoms with Crippen molar-refractivity contribution >= 4 is 45.1 Å². The van der Waals surface area contributed by atoms with Gasteiger partial charge in [-0.25, -0.2) is 0 Å². The second-order valence-corrected chi connectivity index (χ2v) is 11.7. The summed E-state index contributed by atoms with van der Waals surface area (Å²) in [6, 6.07) is 27.1. The summed E-state index contributed by atoms with van der Waals surface area (Å²) in [5, 5.41) is 4.52. The number of anilines is 1. The summed E-state index contributed by atoms with van der Waals surface area (Å²) < 4.78 is 12.5. The second kappa shape index (κ2) is 11.5. The van der Waals surface area contributed by atoms with E-state index >= 15 is 0 Å². The minimum Gasteiger partial charge on any atom is -0.493 e. The van der Waals surface area contributed by atoms with Crippen LogP contribution < -0.4 is 14.8 Å². The molecule has 0 saturated heterocycles. The third-order valence-corrected chi connectivity index (χ3v) is 8.52. The molecule has 0 fully saturated rings. The van der Waals surface area contributed by atoms with Crippen molar-refractivity contribution in [3.8, 4) is 11.5 Å². The van der Waals surface area contributed by atoms with Crippen LogP contribution in [0.2, 0.25) is 5.02 Å². The van der Waals surface area contributed by atoms with Crippen LogP contribution in [0.3, 0.4) is 0 Å². The quantitative estimate of drug-likeness (QED) is 0.167. The highest BCUT2D eigenvalue weighted by Gasteiger charge is 2.37. The Morgan fingerprint density at radius 3 is 2.60 bits per heavy atom. The largest absolute Gasteiger partial charge is 0.493 e. The molecule has 202 valence electrons. The Balaban J connectivity index is 1.16. The number of aliphatic imine (C=N–C) groups is 1. The smallest absolute Gasteiger partial charge is 0.175 e.